The average molecular weight is 324 g/mol. The number of benzene rings is 1. The minimum atomic E-state index is 0.0130. The fourth-order valence-corrected chi connectivity index (χ4v) is 4.55. The normalized spacial score (nSPS) is 21.4. The van der Waals surface area contributed by atoms with Crippen LogP contribution in [0.25, 0.3) is 0 Å². The smallest absolute Gasteiger partial charge is 0.133 e. The zero-order valence-electron chi connectivity index (χ0n) is 11.3. The van der Waals surface area contributed by atoms with E-state index in [2.05, 4.69) is 22.0 Å². The molecule has 0 unspecified atom stereocenters. The van der Waals surface area contributed by atoms with Crippen LogP contribution in [0.2, 0.25) is 0 Å². The van der Waals surface area contributed by atoms with Gasteiger partial charge in [-0.05, 0) is 65.6 Å². The molecule has 19 heavy (non-hydrogen) atoms. The molecule has 3 N–H and O–H groups in total. The number of hydrogen-bond donors (Lipinski definition) is 2. The molecule has 2 aliphatic carbocycles. The van der Waals surface area contributed by atoms with E-state index in [4.69, 9.17) is 5.73 Å². The summed E-state index contributed by atoms with van der Waals surface area (Å²) in [6.07, 6.45) is 9.40. The third kappa shape index (κ3) is 2.11. The van der Waals surface area contributed by atoms with Gasteiger partial charge in [0.25, 0.3) is 0 Å². The lowest BCUT2D eigenvalue weighted by atomic mass is 9.76. The molecule has 1 saturated carbocycles. The van der Waals surface area contributed by atoms with E-state index in [1.807, 2.05) is 0 Å². The van der Waals surface area contributed by atoms with Crippen molar-refractivity contribution in [3.63, 3.8) is 0 Å². The van der Waals surface area contributed by atoms with Gasteiger partial charge in [0.2, 0.25) is 0 Å². The highest BCUT2D eigenvalue weighted by Gasteiger charge is 2.37. The van der Waals surface area contributed by atoms with Crippen molar-refractivity contribution in [3.8, 4) is 5.75 Å². The van der Waals surface area contributed by atoms with Crippen LogP contribution in [0.5, 0.6) is 5.75 Å². The Kier molecular flexibility index (Phi) is 3.61. The topological polar surface area (TPSA) is 46.2 Å². The predicted octanol–water partition coefficient (Wildman–Crippen LogP) is 3.80. The largest absolute Gasteiger partial charge is 0.506 e. The second-order valence-electron chi connectivity index (χ2n) is 6.12. The lowest BCUT2D eigenvalue weighted by molar-refractivity contribution is 0.402. The van der Waals surface area contributed by atoms with Gasteiger partial charge in [0.1, 0.15) is 5.75 Å². The maximum atomic E-state index is 10.6. The van der Waals surface area contributed by atoms with Crippen molar-refractivity contribution in [3.05, 3.63) is 27.2 Å². The van der Waals surface area contributed by atoms with E-state index >= 15 is 0 Å². The first-order valence-electron chi connectivity index (χ1n) is 7.42. The van der Waals surface area contributed by atoms with Crippen LogP contribution in [-0.4, -0.2) is 11.7 Å². The number of aromatic hydroxyl groups is 1. The first-order chi connectivity index (χ1) is 9.18. The van der Waals surface area contributed by atoms with Crippen LogP contribution in [0.15, 0.2) is 10.5 Å². The molecule has 0 atom stereocenters. The first-order valence-corrected chi connectivity index (χ1v) is 8.21. The quantitative estimate of drug-likeness (QED) is 0.869. The molecule has 1 fully saturated rings. The Balaban J connectivity index is 2.13. The molecule has 0 radical (unpaired) electrons. The van der Waals surface area contributed by atoms with Crippen molar-refractivity contribution in [2.45, 2.75) is 56.8 Å². The minimum Gasteiger partial charge on any atom is -0.506 e. The molecular weight excluding hydrogens is 302 g/mol. The Morgan fingerprint density at radius 1 is 1.16 bits per heavy atom. The maximum Gasteiger partial charge on any atom is 0.133 e. The summed E-state index contributed by atoms with van der Waals surface area (Å²) in [5, 5.41) is 10.6. The van der Waals surface area contributed by atoms with Crippen LogP contribution < -0.4 is 5.73 Å². The molecule has 3 rings (SSSR count). The van der Waals surface area contributed by atoms with Gasteiger partial charge in [0, 0.05) is 17.5 Å². The highest BCUT2D eigenvalue weighted by atomic mass is 79.9. The zero-order valence-corrected chi connectivity index (χ0v) is 12.9. The van der Waals surface area contributed by atoms with Crippen molar-refractivity contribution in [2.75, 3.05) is 6.54 Å². The van der Waals surface area contributed by atoms with Gasteiger partial charge in [-0.2, -0.15) is 0 Å². The monoisotopic (exact) mass is 323 g/mol. The molecule has 0 heterocycles. The Bertz CT molecular complexity index is 492. The van der Waals surface area contributed by atoms with Gasteiger partial charge in [-0.25, -0.2) is 0 Å². The summed E-state index contributed by atoms with van der Waals surface area (Å²) in [6, 6.07) is 2.26. The fourth-order valence-electron chi connectivity index (χ4n) is 3.88. The summed E-state index contributed by atoms with van der Waals surface area (Å²) in [7, 11) is 0. The second kappa shape index (κ2) is 5.10. The van der Waals surface area contributed by atoms with Crippen molar-refractivity contribution in [2.24, 2.45) is 5.73 Å². The van der Waals surface area contributed by atoms with Crippen LogP contribution in [0.4, 0.5) is 0 Å². The molecular formula is C16H22BrNO. The predicted molar refractivity (Wildman–Crippen MR) is 81.6 cm³/mol. The van der Waals surface area contributed by atoms with Crippen molar-refractivity contribution in [1.29, 1.82) is 0 Å². The summed E-state index contributed by atoms with van der Waals surface area (Å²) in [6.45, 7) is 0.645. The molecule has 0 spiro atoms. The van der Waals surface area contributed by atoms with Crippen LogP contribution >= 0.6 is 15.9 Å². The second-order valence-corrected chi connectivity index (χ2v) is 6.92. The van der Waals surface area contributed by atoms with Gasteiger partial charge in [0.15, 0.2) is 0 Å². The Morgan fingerprint density at radius 3 is 2.53 bits per heavy atom. The molecule has 0 amide bonds. The molecule has 1 aromatic rings. The van der Waals surface area contributed by atoms with Gasteiger partial charge in [-0.1, -0.05) is 18.9 Å². The van der Waals surface area contributed by atoms with Crippen LogP contribution in [0.3, 0.4) is 0 Å². The number of phenols is 1. The van der Waals surface area contributed by atoms with Crippen LogP contribution in [-0.2, 0) is 18.3 Å². The molecule has 1 aromatic carbocycles. The van der Waals surface area contributed by atoms with E-state index in [-0.39, 0.29) is 5.41 Å². The Morgan fingerprint density at radius 2 is 1.84 bits per heavy atom. The highest BCUT2D eigenvalue weighted by Crippen LogP contribution is 2.48. The van der Waals surface area contributed by atoms with Gasteiger partial charge in [-0.15, -0.1) is 0 Å². The van der Waals surface area contributed by atoms with E-state index < -0.39 is 0 Å². The van der Waals surface area contributed by atoms with Gasteiger partial charge in [0.05, 0.1) is 4.47 Å². The molecule has 0 bridgehead atoms. The van der Waals surface area contributed by atoms with E-state index in [0.29, 0.717) is 12.3 Å². The fraction of sp³-hybridized carbons (Fsp3) is 0.625. The molecule has 0 aromatic heterocycles. The maximum absolute atomic E-state index is 10.6. The number of fused-ring (bicyclic) bond motifs is 1. The number of hydrogen-bond acceptors (Lipinski definition) is 2. The number of aryl methyl sites for hydroxylation is 1. The zero-order chi connectivity index (χ0) is 13.5. The van der Waals surface area contributed by atoms with Crippen LogP contribution in [0.1, 0.15) is 55.2 Å². The summed E-state index contributed by atoms with van der Waals surface area (Å²) in [5.74, 6) is 0.452. The molecule has 3 heteroatoms. The SMILES string of the molecule is NCC1(c2cc3c(c(Br)c2O)CCCC3)CCCC1. The molecule has 0 aliphatic heterocycles. The first kappa shape index (κ1) is 13.4. The van der Waals surface area contributed by atoms with Crippen molar-refractivity contribution >= 4 is 15.9 Å². The third-order valence-electron chi connectivity index (χ3n) is 5.08. The number of rotatable bonds is 2. The highest BCUT2D eigenvalue weighted by molar-refractivity contribution is 9.10. The standard InChI is InChI=1S/C16H22BrNO/c17-14-12-6-2-1-5-11(12)9-13(15(14)19)16(10-18)7-3-4-8-16/h9,19H,1-8,10,18H2. The van der Waals surface area contributed by atoms with Crippen molar-refractivity contribution in [1.82, 2.24) is 0 Å². The number of phenolic OH excluding ortho intramolecular Hbond substituents is 1. The third-order valence-corrected chi connectivity index (χ3v) is 5.93. The van der Waals surface area contributed by atoms with E-state index in [1.165, 1.54) is 36.8 Å². The van der Waals surface area contributed by atoms with E-state index in [9.17, 15) is 5.11 Å². The van der Waals surface area contributed by atoms with Crippen LogP contribution in [0, 0.1) is 0 Å². The van der Waals surface area contributed by atoms with E-state index in [0.717, 1.165) is 35.7 Å². The number of nitrogens with two attached hydrogens (primary N) is 1. The number of halogens is 1. The summed E-state index contributed by atoms with van der Waals surface area (Å²) in [5.41, 5.74) is 9.92. The van der Waals surface area contributed by atoms with Gasteiger partial charge in [-0.3, -0.25) is 0 Å². The lowest BCUT2D eigenvalue weighted by Gasteiger charge is -2.31. The van der Waals surface area contributed by atoms with E-state index in [1.54, 1.807) is 0 Å². The Labute approximate surface area is 123 Å². The van der Waals surface area contributed by atoms with Gasteiger partial charge >= 0.3 is 0 Å². The summed E-state index contributed by atoms with van der Waals surface area (Å²) in [4.78, 5) is 0. The molecule has 104 valence electrons. The summed E-state index contributed by atoms with van der Waals surface area (Å²) < 4.78 is 0.930. The molecule has 2 aliphatic rings. The lowest BCUT2D eigenvalue weighted by Crippen LogP contribution is -2.32. The molecule has 0 saturated heterocycles. The van der Waals surface area contributed by atoms with Gasteiger partial charge < -0.3 is 10.8 Å². The average Bonchev–Trinajstić information content (AvgIpc) is 2.93. The Hall–Kier alpha value is -0.540. The van der Waals surface area contributed by atoms with Crippen molar-refractivity contribution < 1.29 is 5.11 Å². The molecule has 2 nitrogen and oxygen atoms in total. The minimum absolute atomic E-state index is 0.0130. The summed E-state index contributed by atoms with van der Waals surface area (Å²) >= 11 is 3.63.